The van der Waals surface area contributed by atoms with Crippen LogP contribution in [0.3, 0.4) is 0 Å². The summed E-state index contributed by atoms with van der Waals surface area (Å²) < 4.78 is 5.69. The molecule has 19 heavy (non-hydrogen) atoms. The molecular formula is C15H18N2O2. The highest BCUT2D eigenvalue weighted by Crippen LogP contribution is 2.20. The first-order valence-electron chi connectivity index (χ1n) is 6.73. The zero-order valence-electron chi connectivity index (χ0n) is 11.1. The van der Waals surface area contributed by atoms with Crippen molar-refractivity contribution in [2.75, 3.05) is 20.1 Å². The molecule has 0 radical (unpaired) electrons. The lowest BCUT2D eigenvalue weighted by Gasteiger charge is -2.27. The van der Waals surface area contributed by atoms with E-state index in [9.17, 15) is 4.79 Å². The molecule has 0 aliphatic carbocycles. The molecule has 1 aliphatic rings. The fourth-order valence-corrected chi connectivity index (χ4v) is 2.55. The number of fused-ring (bicyclic) bond motifs is 1. The molecule has 0 N–H and O–H groups in total. The van der Waals surface area contributed by atoms with E-state index in [-0.39, 0.29) is 5.91 Å². The molecule has 2 aromatic rings. The minimum Gasteiger partial charge on any atom is -0.461 e. The third-order valence-electron chi connectivity index (χ3n) is 3.67. The van der Waals surface area contributed by atoms with Gasteiger partial charge < -0.3 is 4.42 Å². The highest BCUT2D eigenvalue weighted by molar-refractivity contribution is 5.81. The predicted molar refractivity (Wildman–Crippen MR) is 73.5 cm³/mol. The maximum atomic E-state index is 12.2. The number of hydrazine groups is 1. The normalized spacial score (nSPS) is 16.1. The SMILES string of the molecule is CN(C(=O)Cc1cc2ccccc2o1)N1CCCC1. The van der Waals surface area contributed by atoms with Crippen molar-refractivity contribution in [2.24, 2.45) is 0 Å². The highest BCUT2D eigenvalue weighted by Gasteiger charge is 2.21. The number of nitrogens with zero attached hydrogens (tertiary/aromatic N) is 2. The van der Waals surface area contributed by atoms with Crippen molar-refractivity contribution in [1.82, 2.24) is 10.0 Å². The molecule has 4 heteroatoms. The van der Waals surface area contributed by atoms with Gasteiger partial charge in [-0.25, -0.2) is 5.01 Å². The Hall–Kier alpha value is -1.81. The third kappa shape index (κ3) is 2.49. The standard InChI is InChI=1S/C15H18N2O2/c1-16(17-8-4-5-9-17)15(18)11-13-10-12-6-2-3-7-14(12)19-13/h2-3,6-7,10H,4-5,8-9,11H2,1H3. The van der Waals surface area contributed by atoms with Gasteiger partial charge in [-0.1, -0.05) is 18.2 Å². The number of furan rings is 1. The number of carbonyl (C=O) groups excluding carboxylic acids is 1. The van der Waals surface area contributed by atoms with Gasteiger partial charge in [-0.15, -0.1) is 0 Å². The summed E-state index contributed by atoms with van der Waals surface area (Å²) in [7, 11) is 1.84. The Morgan fingerprint density at radius 2 is 2.05 bits per heavy atom. The van der Waals surface area contributed by atoms with E-state index in [1.165, 1.54) is 12.8 Å². The zero-order valence-corrected chi connectivity index (χ0v) is 11.1. The van der Waals surface area contributed by atoms with Crippen LogP contribution in [0.2, 0.25) is 0 Å². The van der Waals surface area contributed by atoms with E-state index in [1.54, 1.807) is 5.01 Å². The molecule has 1 saturated heterocycles. The zero-order chi connectivity index (χ0) is 13.2. The molecule has 1 aliphatic heterocycles. The number of likely N-dealkylation sites (N-methyl/N-ethyl adjacent to an activating group) is 1. The molecule has 1 fully saturated rings. The van der Waals surface area contributed by atoms with Gasteiger partial charge in [-0.3, -0.25) is 9.80 Å². The molecule has 100 valence electrons. The van der Waals surface area contributed by atoms with Crippen LogP contribution < -0.4 is 0 Å². The van der Waals surface area contributed by atoms with E-state index in [4.69, 9.17) is 4.42 Å². The van der Waals surface area contributed by atoms with Crippen LogP contribution in [0.25, 0.3) is 11.0 Å². The summed E-state index contributed by atoms with van der Waals surface area (Å²) in [5.41, 5.74) is 0.842. The molecule has 1 aromatic heterocycles. The molecule has 3 rings (SSSR count). The van der Waals surface area contributed by atoms with Gasteiger partial charge in [-0.2, -0.15) is 0 Å². The van der Waals surface area contributed by atoms with Crippen LogP contribution >= 0.6 is 0 Å². The lowest BCUT2D eigenvalue weighted by molar-refractivity contribution is -0.143. The number of para-hydroxylation sites is 1. The topological polar surface area (TPSA) is 36.7 Å². The molecule has 0 unspecified atom stereocenters. The lowest BCUT2D eigenvalue weighted by atomic mass is 10.2. The molecule has 0 spiro atoms. The summed E-state index contributed by atoms with van der Waals surface area (Å²) in [5, 5.41) is 4.89. The number of rotatable bonds is 3. The minimum absolute atomic E-state index is 0.0842. The van der Waals surface area contributed by atoms with E-state index in [1.807, 2.05) is 37.4 Å². The first kappa shape index (κ1) is 12.2. The van der Waals surface area contributed by atoms with E-state index in [2.05, 4.69) is 5.01 Å². The summed E-state index contributed by atoms with van der Waals surface area (Å²) in [6.45, 7) is 1.95. The Morgan fingerprint density at radius 1 is 1.32 bits per heavy atom. The van der Waals surface area contributed by atoms with Crippen molar-refractivity contribution in [3.8, 4) is 0 Å². The van der Waals surface area contributed by atoms with Gasteiger partial charge in [0.2, 0.25) is 5.91 Å². The monoisotopic (exact) mass is 258 g/mol. The first-order valence-corrected chi connectivity index (χ1v) is 6.73. The van der Waals surface area contributed by atoms with Crippen LogP contribution in [0.4, 0.5) is 0 Å². The van der Waals surface area contributed by atoms with Crippen LogP contribution in [0.15, 0.2) is 34.7 Å². The molecule has 0 bridgehead atoms. The van der Waals surface area contributed by atoms with Gasteiger partial charge in [0.05, 0.1) is 6.42 Å². The average Bonchev–Trinajstić information content (AvgIpc) is 3.06. The van der Waals surface area contributed by atoms with Gasteiger partial charge in [0.1, 0.15) is 11.3 Å². The van der Waals surface area contributed by atoms with E-state index in [0.717, 1.165) is 29.8 Å². The molecule has 0 atom stereocenters. The minimum atomic E-state index is 0.0842. The number of hydrogen-bond acceptors (Lipinski definition) is 3. The fourth-order valence-electron chi connectivity index (χ4n) is 2.55. The number of benzene rings is 1. The average molecular weight is 258 g/mol. The van der Waals surface area contributed by atoms with Gasteiger partial charge in [-0.05, 0) is 25.0 Å². The van der Waals surface area contributed by atoms with Crippen LogP contribution in [-0.2, 0) is 11.2 Å². The second kappa shape index (κ2) is 5.05. The van der Waals surface area contributed by atoms with Gasteiger partial charge in [0, 0.05) is 25.5 Å². The first-order chi connectivity index (χ1) is 9.24. The molecule has 0 saturated carbocycles. The van der Waals surface area contributed by atoms with E-state index in [0.29, 0.717) is 6.42 Å². The molecule has 1 aromatic carbocycles. The van der Waals surface area contributed by atoms with Crippen LogP contribution in [-0.4, -0.2) is 36.1 Å². The van der Waals surface area contributed by atoms with Crippen molar-refractivity contribution >= 4 is 16.9 Å². The van der Waals surface area contributed by atoms with Gasteiger partial charge >= 0.3 is 0 Å². The Kier molecular flexibility index (Phi) is 3.25. The predicted octanol–water partition coefficient (Wildman–Crippen LogP) is 2.44. The summed E-state index contributed by atoms with van der Waals surface area (Å²) in [6.07, 6.45) is 2.66. The van der Waals surface area contributed by atoms with Crippen molar-refractivity contribution in [3.05, 3.63) is 36.1 Å². The molecular weight excluding hydrogens is 240 g/mol. The third-order valence-corrected chi connectivity index (χ3v) is 3.67. The second-order valence-corrected chi connectivity index (χ2v) is 5.01. The highest BCUT2D eigenvalue weighted by atomic mass is 16.3. The van der Waals surface area contributed by atoms with Gasteiger partial charge in [0.25, 0.3) is 0 Å². The lowest BCUT2D eigenvalue weighted by Crippen LogP contribution is -2.42. The van der Waals surface area contributed by atoms with Crippen LogP contribution in [0.1, 0.15) is 18.6 Å². The molecule has 2 heterocycles. The largest absolute Gasteiger partial charge is 0.461 e. The van der Waals surface area contributed by atoms with E-state index < -0.39 is 0 Å². The van der Waals surface area contributed by atoms with Crippen LogP contribution in [0, 0.1) is 0 Å². The van der Waals surface area contributed by atoms with E-state index >= 15 is 0 Å². The summed E-state index contributed by atoms with van der Waals surface area (Å²) in [5.74, 6) is 0.818. The summed E-state index contributed by atoms with van der Waals surface area (Å²) >= 11 is 0. The molecule has 4 nitrogen and oxygen atoms in total. The van der Waals surface area contributed by atoms with Crippen molar-refractivity contribution in [1.29, 1.82) is 0 Å². The van der Waals surface area contributed by atoms with Crippen molar-refractivity contribution in [2.45, 2.75) is 19.3 Å². The number of hydrogen-bond donors (Lipinski definition) is 0. The maximum absolute atomic E-state index is 12.2. The second-order valence-electron chi connectivity index (χ2n) is 5.01. The number of carbonyl (C=O) groups is 1. The van der Waals surface area contributed by atoms with Gasteiger partial charge in [0.15, 0.2) is 0 Å². The Labute approximate surface area is 112 Å². The van der Waals surface area contributed by atoms with Crippen molar-refractivity contribution < 1.29 is 9.21 Å². The molecule has 1 amide bonds. The maximum Gasteiger partial charge on any atom is 0.244 e. The quantitative estimate of drug-likeness (QED) is 0.848. The number of amides is 1. The summed E-state index contributed by atoms with van der Waals surface area (Å²) in [6, 6.07) is 9.78. The Bertz CT molecular complexity index is 552. The Balaban J connectivity index is 1.71. The van der Waals surface area contributed by atoms with Crippen molar-refractivity contribution in [3.63, 3.8) is 0 Å². The fraction of sp³-hybridized carbons (Fsp3) is 0.400. The summed E-state index contributed by atoms with van der Waals surface area (Å²) in [4.78, 5) is 12.2. The smallest absolute Gasteiger partial charge is 0.244 e. The van der Waals surface area contributed by atoms with Crippen LogP contribution in [0.5, 0.6) is 0 Å². The Morgan fingerprint density at radius 3 is 2.79 bits per heavy atom.